The van der Waals surface area contributed by atoms with Gasteiger partial charge in [-0.15, -0.1) is 11.3 Å². The second-order valence-electron chi connectivity index (χ2n) is 6.18. The summed E-state index contributed by atoms with van der Waals surface area (Å²) in [5.74, 6) is 2.25. The second-order valence-corrected chi connectivity index (χ2v) is 7.89. The van der Waals surface area contributed by atoms with Gasteiger partial charge >= 0.3 is 0 Å². The lowest BCUT2D eigenvalue weighted by molar-refractivity contribution is -0.0418. The number of nitrogens with zero attached hydrogens (tertiary/aromatic N) is 1. The SMILES string of the molecule is O=C(NC1[C@@H]2CC3C[C@@H]1CN(C3)C2)c1ccc(Cl)s1. The number of amides is 1. The normalized spacial score (nSPS) is 39.5. The summed E-state index contributed by atoms with van der Waals surface area (Å²) in [4.78, 5) is 15.6. The van der Waals surface area contributed by atoms with Crippen LogP contribution in [0.5, 0.6) is 0 Å². The first-order chi connectivity index (χ1) is 9.19. The number of thiophene rings is 1. The Hall–Kier alpha value is -0.580. The molecule has 1 amide bonds. The molecule has 1 aliphatic carbocycles. The Morgan fingerprint density at radius 2 is 2.00 bits per heavy atom. The van der Waals surface area contributed by atoms with Gasteiger partial charge in [0.2, 0.25) is 0 Å². The summed E-state index contributed by atoms with van der Waals surface area (Å²) in [6.45, 7) is 3.63. The van der Waals surface area contributed by atoms with E-state index in [1.165, 1.54) is 43.8 Å². The highest BCUT2D eigenvalue weighted by molar-refractivity contribution is 7.17. The summed E-state index contributed by atoms with van der Waals surface area (Å²) in [7, 11) is 0. The van der Waals surface area contributed by atoms with E-state index in [9.17, 15) is 4.79 Å². The van der Waals surface area contributed by atoms with Crippen LogP contribution in [0.3, 0.4) is 0 Å². The second kappa shape index (κ2) is 4.47. The highest BCUT2D eigenvalue weighted by Crippen LogP contribution is 2.43. The third-order valence-corrected chi connectivity index (χ3v) is 6.11. The average Bonchev–Trinajstić information content (AvgIpc) is 2.79. The molecular weight excluding hydrogens is 280 g/mol. The van der Waals surface area contributed by atoms with E-state index in [0.717, 1.165) is 10.8 Å². The molecule has 1 N–H and O–H groups in total. The minimum absolute atomic E-state index is 0.0596. The molecule has 5 heteroatoms. The summed E-state index contributed by atoms with van der Waals surface area (Å²) < 4.78 is 0.682. The molecule has 19 heavy (non-hydrogen) atoms. The summed E-state index contributed by atoms with van der Waals surface area (Å²) >= 11 is 7.26. The number of hydrogen-bond donors (Lipinski definition) is 1. The van der Waals surface area contributed by atoms with Gasteiger partial charge in [-0.05, 0) is 42.7 Å². The molecule has 1 aromatic rings. The molecule has 4 fully saturated rings. The molecule has 3 saturated heterocycles. The number of carbonyl (C=O) groups excluding carboxylic acids is 1. The number of piperidine rings is 3. The van der Waals surface area contributed by atoms with Crippen LogP contribution in [-0.2, 0) is 0 Å². The van der Waals surface area contributed by atoms with Gasteiger partial charge in [0.1, 0.15) is 0 Å². The van der Waals surface area contributed by atoms with Crippen LogP contribution in [0.2, 0.25) is 4.34 Å². The van der Waals surface area contributed by atoms with Crippen LogP contribution >= 0.6 is 22.9 Å². The zero-order chi connectivity index (χ0) is 13.0. The summed E-state index contributed by atoms with van der Waals surface area (Å²) in [6.07, 6.45) is 2.59. The molecule has 0 spiro atoms. The van der Waals surface area contributed by atoms with Gasteiger partial charge in [-0.2, -0.15) is 0 Å². The lowest BCUT2D eigenvalue weighted by Gasteiger charge is -2.55. The van der Waals surface area contributed by atoms with Gasteiger partial charge in [-0.1, -0.05) is 11.6 Å². The fourth-order valence-corrected chi connectivity index (χ4v) is 5.25. The molecule has 2 atom stereocenters. The molecule has 102 valence electrons. The van der Waals surface area contributed by atoms with E-state index in [1.807, 2.05) is 6.07 Å². The summed E-state index contributed by atoms with van der Waals surface area (Å²) in [6, 6.07) is 3.99. The number of hydrogen-bond acceptors (Lipinski definition) is 3. The van der Waals surface area contributed by atoms with Crippen LogP contribution in [0.4, 0.5) is 0 Å². The Balaban J connectivity index is 1.49. The van der Waals surface area contributed by atoms with E-state index >= 15 is 0 Å². The highest BCUT2D eigenvalue weighted by Gasteiger charge is 2.47. The maximum absolute atomic E-state index is 12.3. The molecule has 0 radical (unpaired) electrons. The van der Waals surface area contributed by atoms with Crippen molar-refractivity contribution in [1.29, 1.82) is 0 Å². The minimum Gasteiger partial charge on any atom is -0.348 e. The zero-order valence-electron chi connectivity index (χ0n) is 10.6. The van der Waals surface area contributed by atoms with Crippen molar-refractivity contribution in [3.05, 3.63) is 21.3 Å². The Morgan fingerprint density at radius 3 is 2.58 bits per heavy atom. The van der Waals surface area contributed by atoms with Crippen LogP contribution in [0.15, 0.2) is 12.1 Å². The van der Waals surface area contributed by atoms with Crippen LogP contribution in [-0.4, -0.2) is 36.5 Å². The van der Waals surface area contributed by atoms with Crippen LogP contribution in [0.25, 0.3) is 0 Å². The van der Waals surface area contributed by atoms with Crippen LogP contribution in [0, 0.1) is 17.8 Å². The van der Waals surface area contributed by atoms with Crippen molar-refractivity contribution in [1.82, 2.24) is 10.2 Å². The molecule has 4 aliphatic rings. The number of nitrogens with one attached hydrogen (secondary N) is 1. The standard InChI is InChI=1S/C14H17ClN2OS/c15-12-2-1-11(19-12)14(18)16-13-9-3-8-4-10(13)7-17(5-8)6-9/h1-2,8-10,13H,3-7H2,(H,16,18)/t8?,9-,10-,13?/m1/s1. The molecule has 1 saturated carbocycles. The maximum Gasteiger partial charge on any atom is 0.261 e. The van der Waals surface area contributed by atoms with Gasteiger partial charge in [0.05, 0.1) is 9.21 Å². The predicted molar refractivity (Wildman–Crippen MR) is 76.7 cm³/mol. The first-order valence-electron chi connectivity index (χ1n) is 6.97. The Kier molecular flexibility index (Phi) is 2.87. The van der Waals surface area contributed by atoms with Gasteiger partial charge in [0.25, 0.3) is 5.91 Å². The topological polar surface area (TPSA) is 32.3 Å². The van der Waals surface area contributed by atoms with E-state index in [1.54, 1.807) is 6.07 Å². The van der Waals surface area contributed by atoms with Gasteiger partial charge < -0.3 is 10.2 Å². The fourth-order valence-electron chi connectivity index (χ4n) is 4.30. The molecule has 5 rings (SSSR count). The Labute approximate surface area is 121 Å². The van der Waals surface area contributed by atoms with E-state index in [0.29, 0.717) is 22.2 Å². The third kappa shape index (κ3) is 2.10. The van der Waals surface area contributed by atoms with E-state index in [4.69, 9.17) is 11.6 Å². The highest BCUT2D eigenvalue weighted by atomic mass is 35.5. The van der Waals surface area contributed by atoms with Gasteiger partial charge in [0, 0.05) is 25.7 Å². The molecule has 4 heterocycles. The largest absolute Gasteiger partial charge is 0.348 e. The molecule has 0 aromatic carbocycles. The van der Waals surface area contributed by atoms with Crippen molar-refractivity contribution in [2.75, 3.05) is 19.6 Å². The number of rotatable bonds is 2. The molecule has 4 bridgehead atoms. The number of halogens is 1. The van der Waals surface area contributed by atoms with Crippen molar-refractivity contribution in [2.24, 2.45) is 17.8 Å². The van der Waals surface area contributed by atoms with Crippen molar-refractivity contribution >= 4 is 28.8 Å². The quantitative estimate of drug-likeness (QED) is 0.909. The molecule has 3 aliphatic heterocycles. The summed E-state index contributed by atoms with van der Waals surface area (Å²) in [5, 5.41) is 3.28. The van der Waals surface area contributed by atoms with Crippen LogP contribution in [0.1, 0.15) is 22.5 Å². The monoisotopic (exact) mass is 296 g/mol. The molecular formula is C14H17ClN2OS. The van der Waals surface area contributed by atoms with Gasteiger partial charge in [-0.3, -0.25) is 4.79 Å². The van der Waals surface area contributed by atoms with Crippen molar-refractivity contribution in [3.63, 3.8) is 0 Å². The zero-order valence-corrected chi connectivity index (χ0v) is 12.2. The first kappa shape index (κ1) is 12.2. The first-order valence-corrected chi connectivity index (χ1v) is 8.17. The third-order valence-electron chi connectivity index (χ3n) is 4.88. The maximum atomic E-state index is 12.3. The van der Waals surface area contributed by atoms with Gasteiger partial charge in [-0.25, -0.2) is 0 Å². The van der Waals surface area contributed by atoms with Crippen molar-refractivity contribution in [2.45, 2.75) is 18.9 Å². The molecule has 3 nitrogen and oxygen atoms in total. The van der Waals surface area contributed by atoms with E-state index in [2.05, 4.69) is 10.2 Å². The number of carbonyl (C=O) groups is 1. The summed E-state index contributed by atoms with van der Waals surface area (Å²) in [5.41, 5.74) is 0. The predicted octanol–water partition coefficient (Wildman–Crippen LogP) is 2.47. The van der Waals surface area contributed by atoms with Gasteiger partial charge in [0.15, 0.2) is 0 Å². The Bertz CT molecular complexity index is 487. The van der Waals surface area contributed by atoms with Crippen molar-refractivity contribution in [3.8, 4) is 0 Å². The van der Waals surface area contributed by atoms with E-state index < -0.39 is 0 Å². The molecule has 0 unspecified atom stereocenters. The lowest BCUT2D eigenvalue weighted by Crippen LogP contribution is -2.64. The average molecular weight is 297 g/mol. The lowest BCUT2D eigenvalue weighted by atomic mass is 9.65. The van der Waals surface area contributed by atoms with E-state index in [-0.39, 0.29) is 5.91 Å². The molecule has 1 aromatic heterocycles. The van der Waals surface area contributed by atoms with Crippen molar-refractivity contribution < 1.29 is 4.79 Å². The Morgan fingerprint density at radius 1 is 1.26 bits per heavy atom. The smallest absolute Gasteiger partial charge is 0.261 e. The van der Waals surface area contributed by atoms with Crippen LogP contribution < -0.4 is 5.32 Å². The fraction of sp³-hybridized carbons (Fsp3) is 0.643. The minimum atomic E-state index is 0.0596.